The van der Waals surface area contributed by atoms with Crippen molar-refractivity contribution in [3.63, 3.8) is 0 Å². The third-order valence-corrected chi connectivity index (χ3v) is 5.14. The molecule has 1 atom stereocenters. The van der Waals surface area contributed by atoms with Gasteiger partial charge in [-0.2, -0.15) is 0 Å². The fourth-order valence-corrected chi connectivity index (χ4v) is 3.78. The molecule has 0 saturated carbocycles. The first-order valence-electron chi connectivity index (χ1n) is 9.19. The summed E-state index contributed by atoms with van der Waals surface area (Å²) in [6, 6.07) is 3.37. The standard InChI is InChI=1S/C21H16F5N3O/c1-27-21(30)14-8-28-19-12(20(14)29-5-4-10(22)9-29)2-3-15(24)17(19)13-6-11(23)7-16(25)18(13)26/h2-3,6-8,10H,4-5,9H2,1H3,(H,27,30)/t10-/m0/s1. The molecule has 9 heteroatoms. The van der Waals surface area contributed by atoms with Crippen molar-refractivity contribution in [2.45, 2.75) is 12.6 Å². The number of benzene rings is 2. The molecular weight excluding hydrogens is 405 g/mol. The molecule has 0 bridgehead atoms. The Morgan fingerprint density at radius 2 is 1.93 bits per heavy atom. The number of rotatable bonds is 3. The van der Waals surface area contributed by atoms with Crippen LogP contribution in [0.25, 0.3) is 22.0 Å². The molecule has 4 nitrogen and oxygen atoms in total. The van der Waals surface area contributed by atoms with E-state index in [1.54, 1.807) is 4.90 Å². The van der Waals surface area contributed by atoms with Crippen molar-refractivity contribution in [3.8, 4) is 11.1 Å². The number of carbonyl (C=O) groups is 1. The van der Waals surface area contributed by atoms with Crippen LogP contribution in [-0.4, -0.2) is 37.2 Å². The topological polar surface area (TPSA) is 45.2 Å². The number of nitrogens with one attached hydrogen (secondary N) is 1. The fourth-order valence-electron chi connectivity index (χ4n) is 3.78. The van der Waals surface area contributed by atoms with Crippen molar-refractivity contribution in [3.05, 3.63) is 59.3 Å². The van der Waals surface area contributed by atoms with Gasteiger partial charge in [0.05, 0.1) is 16.8 Å². The van der Waals surface area contributed by atoms with E-state index in [0.717, 1.165) is 6.07 Å². The van der Waals surface area contributed by atoms with Gasteiger partial charge in [0.1, 0.15) is 17.8 Å². The van der Waals surface area contributed by atoms with Gasteiger partial charge in [0, 0.05) is 48.9 Å². The lowest BCUT2D eigenvalue weighted by Crippen LogP contribution is -2.26. The Bertz CT molecular complexity index is 1170. The molecule has 156 valence electrons. The normalized spacial score (nSPS) is 16.3. The quantitative estimate of drug-likeness (QED) is 0.505. The minimum Gasteiger partial charge on any atom is -0.367 e. The van der Waals surface area contributed by atoms with Crippen LogP contribution in [0.2, 0.25) is 0 Å². The van der Waals surface area contributed by atoms with Gasteiger partial charge < -0.3 is 10.2 Å². The molecule has 2 aromatic carbocycles. The summed E-state index contributed by atoms with van der Waals surface area (Å²) in [5, 5.41) is 2.71. The van der Waals surface area contributed by atoms with E-state index in [-0.39, 0.29) is 29.4 Å². The van der Waals surface area contributed by atoms with Gasteiger partial charge in [-0.25, -0.2) is 22.0 Å². The number of halogens is 5. The van der Waals surface area contributed by atoms with Crippen molar-refractivity contribution in [2.75, 3.05) is 25.0 Å². The summed E-state index contributed by atoms with van der Waals surface area (Å²) < 4.78 is 70.6. The molecule has 1 amide bonds. The summed E-state index contributed by atoms with van der Waals surface area (Å²) in [4.78, 5) is 18.1. The highest BCUT2D eigenvalue weighted by molar-refractivity contribution is 6.10. The molecule has 1 aliphatic rings. The molecule has 30 heavy (non-hydrogen) atoms. The Morgan fingerprint density at radius 1 is 1.17 bits per heavy atom. The number of aromatic nitrogens is 1. The number of hydrogen-bond donors (Lipinski definition) is 1. The van der Waals surface area contributed by atoms with E-state index >= 15 is 0 Å². The molecule has 2 heterocycles. The van der Waals surface area contributed by atoms with Crippen molar-refractivity contribution < 1.29 is 26.7 Å². The second-order valence-electron chi connectivity index (χ2n) is 7.00. The number of alkyl halides is 1. The van der Waals surface area contributed by atoms with Crippen LogP contribution in [0.5, 0.6) is 0 Å². The van der Waals surface area contributed by atoms with E-state index in [0.29, 0.717) is 24.4 Å². The predicted molar refractivity (Wildman–Crippen MR) is 102 cm³/mol. The SMILES string of the molecule is CNC(=O)c1cnc2c(-c3cc(F)cc(F)c3F)c(F)ccc2c1N1CC[C@H](F)C1. The first kappa shape index (κ1) is 20.1. The van der Waals surface area contributed by atoms with E-state index in [4.69, 9.17) is 0 Å². The Kier molecular flexibility index (Phi) is 5.05. The monoisotopic (exact) mass is 421 g/mol. The van der Waals surface area contributed by atoms with E-state index in [1.165, 1.54) is 19.3 Å². The molecular formula is C21H16F5N3O. The maximum absolute atomic E-state index is 14.7. The molecule has 0 unspecified atom stereocenters. The van der Waals surface area contributed by atoms with Gasteiger partial charge in [0.2, 0.25) is 0 Å². The van der Waals surface area contributed by atoms with E-state index in [1.807, 2.05) is 0 Å². The minimum absolute atomic E-state index is 0.0127. The first-order chi connectivity index (χ1) is 14.3. The maximum Gasteiger partial charge on any atom is 0.254 e. The molecule has 0 radical (unpaired) electrons. The second-order valence-corrected chi connectivity index (χ2v) is 7.00. The molecule has 1 aromatic heterocycles. The van der Waals surface area contributed by atoms with Crippen molar-refractivity contribution in [2.24, 2.45) is 0 Å². The summed E-state index contributed by atoms with van der Waals surface area (Å²) in [5.41, 5.74) is -0.736. The van der Waals surface area contributed by atoms with E-state index in [9.17, 15) is 26.7 Å². The third kappa shape index (κ3) is 3.24. The zero-order valence-electron chi connectivity index (χ0n) is 15.8. The van der Waals surface area contributed by atoms with Crippen LogP contribution in [0.4, 0.5) is 27.6 Å². The number of anilines is 1. The van der Waals surface area contributed by atoms with Crippen molar-refractivity contribution >= 4 is 22.5 Å². The highest BCUT2D eigenvalue weighted by atomic mass is 19.2. The van der Waals surface area contributed by atoms with Gasteiger partial charge in [-0.3, -0.25) is 9.78 Å². The number of hydrogen-bond acceptors (Lipinski definition) is 3. The summed E-state index contributed by atoms with van der Waals surface area (Å²) in [7, 11) is 1.42. The number of fused-ring (bicyclic) bond motifs is 1. The zero-order chi connectivity index (χ0) is 21.6. The molecule has 0 spiro atoms. The number of nitrogens with zero attached hydrogens (tertiary/aromatic N) is 2. The number of pyridine rings is 1. The van der Waals surface area contributed by atoms with E-state index < -0.39 is 46.5 Å². The van der Waals surface area contributed by atoms with Gasteiger partial charge in [-0.15, -0.1) is 0 Å². The van der Waals surface area contributed by atoms with Crippen molar-refractivity contribution in [1.82, 2.24) is 10.3 Å². The van der Waals surface area contributed by atoms with Crippen LogP contribution in [0.15, 0.2) is 30.5 Å². The fraction of sp³-hybridized carbons (Fsp3) is 0.238. The largest absolute Gasteiger partial charge is 0.367 e. The van der Waals surface area contributed by atoms with Gasteiger partial charge in [0.25, 0.3) is 5.91 Å². The van der Waals surface area contributed by atoms with Crippen LogP contribution in [0.3, 0.4) is 0 Å². The van der Waals surface area contributed by atoms with Crippen LogP contribution < -0.4 is 10.2 Å². The summed E-state index contributed by atoms with van der Waals surface area (Å²) >= 11 is 0. The molecule has 0 aliphatic carbocycles. The Morgan fingerprint density at radius 3 is 2.60 bits per heavy atom. The maximum atomic E-state index is 14.7. The summed E-state index contributed by atoms with van der Waals surface area (Å²) in [6.07, 6.45) is 0.299. The van der Waals surface area contributed by atoms with E-state index in [2.05, 4.69) is 10.3 Å². The number of amides is 1. The smallest absolute Gasteiger partial charge is 0.254 e. The lowest BCUT2D eigenvalue weighted by molar-refractivity contribution is 0.0963. The van der Waals surface area contributed by atoms with Gasteiger partial charge in [-0.05, 0) is 24.6 Å². The molecule has 4 rings (SSSR count). The highest BCUT2D eigenvalue weighted by Gasteiger charge is 2.29. The zero-order valence-corrected chi connectivity index (χ0v) is 15.8. The van der Waals surface area contributed by atoms with Crippen LogP contribution in [0.1, 0.15) is 16.8 Å². The van der Waals surface area contributed by atoms with Crippen LogP contribution in [0, 0.1) is 23.3 Å². The predicted octanol–water partition coefficient (Wildman–Crippen LogP) is 4.37. The minimum atomic E-state index is -1.47. The van der Waals surface area contributed by atoms with Crippen LogP contribution >= 0.6 is 0 Å². The highest BCUT2D eigenvalue weighted by Crippen LogP contribution is 2.39. The molecule has 3 aromatic rings. The Hall–Kier alpha value is -3.23. The lowest BCUT2D eigenvalue weighted by atomic mass is 9.98. The second kappa shape index (κ2) is 7.55. The third-order valence-electron chi connectivity index (χ3n) is 5.14. The molecule has 1 N–H and O–H groups in total. The molecule has 1 saturated heterocycles. The van der Waals surface area contributed by atoms with Gasteiger partial charge in [0.15, 0.2) is 11.6 Å². The Labute approximate surface area is 168 Å². The van der Waals surface area contributed by atoms with Gasteiger partial charge in [-0.1, -0.05) is 0 Å². The van der Waals surface area contributed by atoms with Crippen molar-refractivity contribution in [1.29, 1.82) is 0 Å². The van der Waals surface area contributed by atoms with Crippen LogP contribution in [-0.2, 0) is 0 Å². The summed E-state index contributed by atoms with van der Waals surface area (Å²) in [6.45, 7) is 0.318. The average Bonchev–Trinajstić information content (AvgIpc) is 3.15. The average molecular weight is 421 g/mol. The lowest BCUT2D eigenvalue weighted by Gasteiger charge is -2.23. The van der Waals surface area contributed by atoms with Gasteiger partial charge >= 0.3 is 0 Å². The first-order valence-corrected chi connectivity index (χ1v) is 9.19. The summed E-state index contributed by atoms with van der Waals surface area (Å²) in [5.74, 6) is -5.41. The molecule has 1 aliphatic heterocycles. The Balaban J connectivity index is 2.06. The molecule has 1 fully saturated rings. The number of carbonyl (C=O) groups excluding carboxylic acids is 1.